The first-order valence-electron chi connectivity index (χ1n) is 13.5. The fourth-order valence-corrected chi connectivity index (χ4v) is 5.38. The molecular weight excluding hydrogens is 491 g/mol. The van der Waals surface area contributed by atoms with Crippen molar-refractivity contribution in [3.8, 4) is 11.3 Å². The minimum absolute atomic E-state index is 0.715. The van der Waals surface area contributed by atoms with Crippen LogP contribution in [0.5, 0.6) is 0 Å². The molecule has 2 aliphatic heterocycles. The molecule has 5 aromatic rings. The molecule has 0 radical (unpaired) electrons. The third-order valence-corrected chi connectivity index (χ3v) is 7.40. The third kappa shape index (κ3) is 4.38. The van der Waals surface area contributed by atoms with Crippen LogP contribution in [0.15, 0.2) is 163 Å². The van der Waals surface area contributed by atoms with E-state index in [4.69, 9.17) is 9.31 Å². The number of rotatable bonds is 5. The maximum absolute atomic E-state index is 6.96. The van der Waals surface area contributed by atoms with Crippen LogP contribution in [-0.4, -0.2) is 17.2 Å². The van der Waals surface area contributed by atoms with Gasteiger partial charge in [-0.15, -0.1) is 10.9 Å². The van der Waals surface area contributed by atoms with Crippen molar-refractivity contribution in [3.63, 3.8) is 0 Å². The van der Waals surface area contributed by atoms with Crippen LogP contribution in [-0.2, 0) is 9.31 Å². The molecule has 7 rings (SSSR count). The summed E-state index contributed by atoms with van der Waals surface area (Å²) in [6.07, 6.45) is 6.14. The number of allylic oxidation sites excluding steroid dienone is 3. The van der Waals surface area contributed by atoms with Crippen molar-refractivity contribution in [1.29, 1.82) is 0 Å². The van der Waals surface area contributed by atoms with Crippen LogP contribution >= 0.6 is 0 Å². The largest absolute Gasteiger partial charge is 0.674 e. The second kappa shape index (κ2) is 10.1. The number of aromatic amines is 1. The summed E-state index contributed by atoms with van der Waals surface area (Å²) in [6, 6.07) is 45.2. The summed E-state index contributed by atoms with van der Waals surface area (Å²) >= 11 is 0. The molecule has 0 saturated carbocycles. The highest BCUT2D eigenvalue weighted by Crippen LogP contribution is 2.32. The molecule has 0 amide bonds. The number of hydrogen-bond donors (Lipinski definition) is 2. The van der Waals surface area contributed by atoms with Crippen LogP contribution in [0, 0.1) is 0 Å². The number of aromatic nitrogens is 1. The van der Waals surface area contributed by atoms with E-state index in [1.165, 1.54) is 0 Å². The summed E-state index contributed by atoms with van der Waals surface area (Å²) in [6.45, 7) is -2.10. The fourth-order valence-electron chi connectivity index (χ4n) is 5.38. The Morgan fingerprint density at radius 1 is 0.525 bits per heavy atom. The fraction of sp³-hybridized carbons (Fsp3) is 0. The lowest BCUT2D eigenvalue weighted by molar-refractivity contribution is -0.388. The smallest absolute Gasteiger partial charge is 0.406 e. The first-order valence-corrected chi connectivity index (χ1v) is 13.5. The van der Waals surface area contributed by atoms with E-state index >= 15 is 0 Å². The molecule has 1 aromatic heterocycles. The van der Waals surface area contributed by atoms with Crippen molar-refractivity contribution in [2.45, 2.75) is 0 Å². The Labute approximate surface area is 233 Å². The molecule has 5 heteroatoms. The van der Waals surface area contributed by atoms with E-state index in [0.717, 1.165) is 44.8 Å². The van der Waals surface area contributed by atoms with Gasteiger partial charge in [-0.2, -0.15) is 0 Å². The Morgan fingerprint density at radius 2 is 1.07 bits per heavy atom. The Bertz CT molecular complexity index is 1730. The van der Waals surface area contributed by atoms with E-state index in [-0.39, 0.29) is 0 Å². The van der Waals surface area contributed by atoms with Crippen LogP contribution in [0.25, 0.3) is 17.0 Å². The molecule has 0 spiro atoms. The Hall–Kier alpha value is -5.29. The topological polar surface area (TPSA) is 48.2 Å². The van der Waals surface area contributed by atoms with Gasteiger partial charge in [-0.3, -0.25) is 0 Å². The zero-order valence-corrected chi connectivity index (χ0v) is 21.8. The second-order valence-electron chi connectivity index (χ2n) is 9.95. The van der Waals surface area contributed by atoms with Gasteiger partial charge in [-0.1, -0.05) is 109 Å². The lowest BCUT2D eigenvalue weighted by atomic mass is 9.45. The molecule has 2 N–H and O–H groups in total. The van der Waals surface area contributed by atoms with Crippen LogP contribution in [0.3, 0.4) is 0 Å². The highest BCUT2D eigenvalue weighted by Gasteiger charge is 2.40. The van der Waals surface area contributed by atoms with Gasteiger partial charge in [-0.25, -0.2) is 4.99 Å². The first kappa shape index (κ1) is 23.8. The maximum Gasteiger partial charge on any atom is 0.406 e. The van der Waals surface area contributed by atoms with E-state index in [2.05, 4.69) is 82.8 Å². The molecule has 40 heavy (non-hydrogen) atoms. The minimum atomic E-state index is -2.10. The maximum atomic E-state index is 6.96. The van der Waals surface area contributed by atoms with Crippen LogP contribution in [0.2, 0.25) is 0 Å². The van der Waals surface area contributed by atoms with Crippen molar-refractivity contribution in [2.75, 3.05) is 0 Å². The van der Waals surface area contributed by atoms with Gasteiger partial charge in [0.25, 0.3) is 0 Å². The SMILES string of the molecule is C1=C/C(=C2\C=C(c3ccc(-c4ccccc4)[nH]3)O[B-](c3ccccc3)(c3ccccc3)O2)[NH+]=C1c1ccccc1. The van der Waals surface area contributed by atoms with E-state index in [1.54, 1.807) is 0 Å². The molecule has 0 atom stereocenters. The summed E-state index contributed by atoms with van der Waals surface area (Å²) in [5.41, 5.74) is 7.97. The standard InChI is InChI=1S/C35H26BN2O2/c1-5-13-26(14-6-1)30-21-23-32(37-30)34-25-35(33-24-22-31(38-33)27-15-7-2-8-16-27)40-36(39-34,28-17-9-3-10-18-28)29-19-11-4-12-20-29/h1-25,37H/q-1/p+1/b35-33-. The van der Waals surface area contributed by atoms with Crippen molar-refractivity contribution in [1.82, 2.24) is 4.98 Å². The van der Waals surface area contributed by atoms with E-state index < -0.39 is 6.55 Å². The van der Waals surface area contributed by atoms with E-state index in [0.29, 0.717) is 11.5 Å². The van der Waals surface area contributed by atoms with Gasteiger partial charge in [0.15, 0.2) is 0 Å². The van der Waals surface area contributed by atoms with Gasteiger partial charge < -0.3 is 14.3 Å². The molecule has 0 saturated heterocycles. The van der Waals surface area contributed by atoms with Gasteiger partial charge in [0, 0.05) is 29.5 Å². The summed E-state index contributed by atoms with van der Waals surface area (Å²) in [4.78, 5) is 7.16. The van der Waals surface area contributed by atoms with Gasteiger partial charge in [-0.05, 0) is 29.8 Å². The monoisotopic (exact) mass is 518 g/mol. The Balaban J connectivity index is 1.40. The quantitative estimate of drug-likeness (QED) is 0.332. The van der Waals surface area contributed by atoms with Gasteiger partial charge >= 0.3 is 6.55 Å². The lowest BCUT2D eigenvalue weighted by Crippen LogP contribution is -2.70. The molecule has 2 aliphatic rings. The molecule has 0 aliphatic carbocycles. The number of benzene rings is 4. The first-order chi connectivity index (χ1) is 19.8. The predicted octanol–water partition coefficient (Wildman–Crippen LogP) is 4.68. The summed E-state index contributed by atoms with van der Waals surface area (Å²) in [7, 11) is 0. The number of nitrogens with one attached hydrogen (secondary N) is 2. The second-order valence-corrected chi connectivity index (χ2v) is 9.95. The van der Waals surface area contributed by atoms with Gasteiger partial charge in [0.2, 0.25) is 11.4 Å². The van der Waals surface area contributed by atoms with Crippen molar-refractivity contribution >= 4 is 28.9 Å². The van der Waals surface area contributed by atoms with E-state index in [1.807, 2.05) is 78.9 Å². The van der Waals surface area contributed by atoms with E-state index in [9.17, 15) is 0 Å². The molecule has 4 nitrogen and oxygen atoms in total. The number of H-pyrrole nitrogens is 1. The normalized spacial score (nSPS) is 17.5. The molecule has 192 valence electrons. The highest BCUT2D eigenvalue weighted by molar-refractivity contribution is 6.93. The summed E-state index contributed by atoms with van der Waals surface area (Å²) in [5.74, 6) is 1.43. The molecule has 3 heterocycles. The Kier molecular flexibility index (Phi) is 6.02. The Morgan fingerprint density at radius 3 is 1.70 bits per heavy atom. The average Bonchev–Trinajstić information content (AvgIpc) is 3.74. The average molecular weight is 518 g/mol. The van der Waals surface area contributed by atoms with Crippen molar-refractivity contribution in [3.05, 3.63) is 174 Å². The molecule has 0 unspecified atom stereocenters. The van der Waals surface area contributed by atoms with Crippen molar-refractivity contribution < 1.29 is 14.3 Å². The lowest BCUT2D eigenvalue weighted by Gasteiger charge is -2.47. The summed E-state index contributed by atoms with van der Waals surface area (Å²) in [5, 5.41) is 0. The van der Waals surface area contributed by atoms with Crippen LogP contribution in [0.1, 0.15) is 11.3 Å². The molecule has 0 bridgehead atoms. The minimum Gasteiger partial charge on any atom is -0.674 e. The molecular formula is C35H27BN2O2. The van der Waals surface area contributed by atoms with Crippen molar-refractivity contribution in [2.24, 2.45) is 0 Å². The predicted molar refractivity (Wildman–Crippen MR) is 162 cm³/mol. The molecule has 0 fully saturated rings. The van der Waals surface area contributed by atoms with Gasteiger partial charge in [0.05, 0.1) is 11.5 Å². The van der Waals surface area contributed by atoms with Crippen LogP contribution in [0.4, 0.5) is 0 Å². The zero-order valence-electron chi connectivity index (χ0n) is 21.8. The number of hydrogen-bond acceptors (Lipinski definition) is 2. The molecule has 4 aromatic carbocycles. The third-order valence-electron chi connectivity index (χ3n) is 7.40. The van der Waals surface area contributed by atoms with Crippen LogP contribution < -0.4 is 15.9 Å². The summed E-state index contributed by atoms with van der Waals surface area (Å²) < 4.78 is 13.9. The van der Waals surface area contributed by atoms with Gasteiger partial charge in [0.1, 0.15) is 5.76 Å². The zero-order chi connectivity index (χ0) is 26.8. The highest BCUT2D eigenvalue weighted by atomic mass is 16.6.